The Morgan fingerprint density at radius 1 is 1.20 bits per heavy atom. The molecule has 0 bridgehead atoms. The second-order valence-electron chi connectivity index (χ2n) is 4.15. The standard InChI is InChI=1S/C13H16N4O2S/c1-10-15-8-7-11(17-10)9-16-12-5-3-4-6-13(12)20(18,19)14-2/h3-8,14,16H,9H2,1-2H3. The summed E-state index contributed by atoms with van der Waals surface area (Å²) in [6.45, 7) is 2.24. The van der Waals surface area contributed by atoms with Crippen LogP contribution in [0.5, 0.6) is 0 Å². The molecule has 106 valence electrons. The summed E-state index contributed by atoms with van der Waals surface area (Å²) in [5.41, 5.74) is 1.34. The number of anilines is 1. The smallest absolute Gasteiger partial charge is 0.242 e. The number of aryl methyl sites for hydroxylation is 1. The lowest BCUT2D eigenvalue weighted by Gasteiger charge is -2.11. The zero-order valence-corrected chi connectivity index (χ0v) is 12.1. The molecule has 1 aromatic heterocycles. The molecule has 0 aliphatic heterocycles. The largest absolute Gasteiger partial charge is 0.378 e. The van der Waals surface area contributed by atoms with Crippen molar-refractivity contribution < 1.29 is 8.42 Å². The van der Waals surface area contributed by atoms with Gasteiger partial charge in [-0.2, -0.15) is 0 Å². The van der Waals surface area contributed by atoms with Crippen LogP contribution in [-0.4, -0.2) is 25.4 Å². The average molecular weight is 292 g/mol. The predicted molar refractivity (Wildman–Crippen MR) is 76.8 cm³/mol. The first kappa shape index (κ1) is 14.4. The number of hydrogen-bond donors (Lipinski definition) is 2. The van der Waals surface area contributed by atoms with Gasteiger partial charge in [-0.15, -0.1) is 0 Å². The summed E-state index contributed by atoms with van der Waals surface area (Å²) in [5.74, 6) is 0.681. The van der Waals surface area contributed by atoms with Crippen molar-refractivity contribution in [3.8, 4) is 0 Å². The molecule has 2 aromatic rings. The van der Waals surface area contributed by atoms with Crippen molar-refractivity contribution in [3.05, 3.63) is 48.0 Å². The molecular weight excluding hydrogens is 276 g/mol. The Bertz CT molecular complexity index is 701. The molecule has 2 rings (SSSR count). The Labute approximate surface area is 118 Å². The molecular formula is C13H16N4O2S. The first-order valence-electron chi connectivity index (χ1n) is 6.08. The van der Waals surface area contributed by atoms with Gasteiger partial charge in [0.1, 0.15) is 10.7 Å². The molecule has 0 aliphatic rings. The van der Waals surface area contributed by atoms with Gasteiger partial charge >= 0.3 is 0 Å². The van der Waals surface area contributed by atoms with Crippen molar-refractivity contribution in [1.82, 2.24) is 14.7 Å². The van der Waals surface area contributed by atoms with Crippen molar-refractivity contribution in [2.75, 3.05) is 12.4 Å². The highest BCUT2D eigenvalue weighted by Gasteiger charge is 2.15. The van der Waals surface area contributed by atoms with Gasteiger partial charge in [-0.3, -0.25) is 0 Å². The summed E-state index contributed by atoms with van der Waals surface area (Å²) in [7, 11) is -2.10. The fourth-order valence-electron chi connectivity index (χ4n) is 1.75. The summed E-state index contributed by atoms with van der Waals surface area (Å²) in [6.07, 6.45) is 1.68. The van der Waals surface area contributed by atoms with E-state index in [9.17, 15) is 8.42 Å². The molecule has 0 aliphatic carbocycles. The van der Waals surface area contributed by atoms with Crippen LogP contribution in [0.2, 0.25) is 0 Å². The van der Waals surface area contributed by atoms with Gasteiger partial charge in [0.05, 0.1) is 17.9 Å². The third kappa shape index (κ3) is 3.31. The maximum absolute atomic E-state index is 11.9. The van der Waals surface area contributed by atoms with Gasteiger partial charge in [0, 0.05) is 6.20 Å². The monoisotopic (exact) mass is 292 g/mol. The van der Waals surface area contributed by atoms with Gasteiger partial charge in [0.25, 0.3) is 0 Å². The Hall–Kier alpha value is -1.99. The van der Waals surface area contributed by atoms with Crippen molar-refractivity contribution in [1.29, 1.82) is 0 Å². The number of para-hydroxylation sites is 1. The van der Waals surface area contributed by atoms with Gasteiger partial charge in [0.2, 0.25) is 10.0 Å². The predicted octanol–water partition coefficient (Wildman–Crippen LogP) is 1.31. The zero-order chi connectivity index (χ0) is 14.6. The van der Waals surface area contributed by atoms with E-state index in [1.54, 1.807) is 36.5 Å². The lowest BCUT2D eigenvalue weighted by atomic mass is 10.3. The van der Waals surface area contributed by atoms with E-state index < -0.39 is 10.0 Å². The van der Waals surface area contributed by atoms with Gasteiger partial charge in [-0.1, -0.05) is 12.1 Å². The molecule has 0 saturated carbocycles. The van der Waals surface area contributed by atoms with Crippen molar-refractivity contribution in [2.24, 2.45) is 0 Å². The number of nitrogens with one attached hydrogen (secondary N) is 2. The minimum Gasteiger partial charge on any atom is -0.378 e. The summed E-state index contributed by atoms with van der Waals surface area (Å²) >= 11 is 0. The quantitative estimate of drug-likeness (QED) is 0.868. The van der Waals surface area contributed by atoms with E-state index in [1.807, 2.05) is 6.92 Å². The van der Waals surface area contributed by atoms with Gasteiger partial charge < -0.3 is 5.32 Å². The molecule has 0 fully saturated rings. The second-order valence-corrected chi connectivity index (χ2v) is 6.01. The van der Waals surface area contributed by atoms with E-state index in [2.05, 4.69) is 20.0 Å². The molecule has 1 aromatic carbocycles. The van der Waals surface area contributed by atoms with Crippen LogP contribution in [0.15, 0.2) is 41.4 Å². The maximum atomic E-state index is 11.9. The van der Waals surface area contributed by atoms with Gasteiger partial charge in [0.15, 0.2) is 0 Å². The van der Waals surface area contributed by atoms with E-state index in [1.165, 1.54) is 7.05 Å². The molecule has 0 saturated heterocycles. The van der Waals surface area contributed by atoms with Crippen LogP contribution in [-0.2, 0) is 16.6 Å². The van der Waals surface area contributed by atoms with Crippen LogP contribution in [0.1, 0.15) is 11.5 Å². The van der Waals surface area contributed by atoms with E-state index >= 15 is 0 Å². The fourth-order valence-corrected chi connectivity index (χ4v) is 2.65. The highest BCUT2D eigenvalue weighted by molar-refractivity contribution is 7.89. The molecule has 0 spiro atoms. The summed E-state index contributed by atoms with van der Waals surface area (Å²) in [5, 5.41) is 3.09. The second kappa shape index (κ2) is 5.98. The number of rotatable bonds is 5. The Morgan fingerprint density at radius 3 is 2.65 bits per heavy atom. The lowest BCUT2D eigenvalue weighted by Crippen LogP contribution is -2.20. The van der Waals surface area contributed by atoms with Crippen LogP contribution >= 0.6 is 0 Å². The minimum absolute atomic E-state index is 0.216. The fraction of sp³-hybridized carbons (Fsp3) is 0.231. The molecule has 6 nitrogen and oxygen atoms in total. The Morgan fingerprint density at radius 2 is 1.95 bits per heavy atom. The van der Waals surface area contributed by atoms with Gasteiger partial charge in [-0.25, -0.2) is 23.1 Å². The van der Waals surface area contributed by atoms with E-state index in [0.717, 1.165) is 5.69 Å². The molecule has 2 N–H and O–H groups in total. The average Bonchev–Trinajstić information content (AvgIpc) is 2.45. The highest BCUT2D eigenvalue weighted by Crippen LogP contribution is 2.20. The molecule has 0 atom stereocenters. The summed E-state index contributed by atoms with van der Waals surface area (Å²) in [4.78, 5) is 8.50. The van der Waals surface area contributed by atoms with Crippen molar-refractivity contribution >= 4 is 15.7 Å². The van der Waals surface area contributed by atoms with Gasteiger partial charge in [-0.05, 0) is 32.2 Å². The van der Waals surface area contributed by atoms with Crippen molar-refractivity contribution in [2.45, 2.75) is 18.4 Å². The van der Waals surface area contributed by atoms with Crippen LogP contribution in [0.4, 0.5) is 5.69 Å². The topological polar surface area (TPSA) is 84.0 Å². The lowest BCUT2D eigenvalue weighted by molar-refractivity contribution is 0.588. The molecule has 0 unspecified atom stereocenters. The van der Waals surface area contributed by atoms with Crippen LogP contribution in [0.3, 0.4) is 0 Å². The normalized spacial score (nSPS) is 11.3. The Balaban J connectivity index is 2.22. The van der Waals surface area contributed by atoms with E-state index in [0.29, 0.717) is 18.1 Å². The number of nitrogens with zero attached hydrogens (tertiary/aromatic N) is 2. The number of aromatic nitrogens is 2. The van der Waals surface area contributed by atoms with E-state index in [4.69, 9.17) is 0 Å². The minimum atomic E-state index is -3.49. The zero-order valence-electron chi connectivity index (χ0n) is 11.3. The molecule has 20 heavy (non-hydrogen) atoms. The molecule has 0 radical (unpaired) electrons. The molecule has 7 heteroatoms. The van der Waals surface area contributed by atoms with E-state index in [-0.39, 0.29) is 4.90 Å². The highest BCUT2D eigenvalue weighted by atomic mass is 32.2. The Kier molecular flexibility index (Phi) is 4.31. The number of hydrogen-bond acceptors (Lipinski definition) is 5. The molecule has 1 heterocycles. The van der Waals surface area contributed by atoms with Crippen LogP contribution in [0.25, 0.3) is 0 Å². The first-order valence-corrected chi connectivity index (χ1v) is 7.56. The first-order chi connectivity index (χ1) is 9.53. The maximum Gasteiger partial charge on any atom is 0.242 e. The van der Waals surface area contributed by atoms with Crippen LogP contribution < -0.4 is 10.0 Å². The molecule has 0 amide bonds. The summed E-state index contributed by atoms with van der Waals surface area (Å²) in [6, 6.07) is 8.53. The van der Waals surface area contributed by atoms with Crippen LogP contribution in [0, 0.1) is 6.92 Å². The third-order valence-corrected chi connectivity index (χ3v) is 4.21. The summed E-state index contributed by atoms with van der Waals surface area (Å²) < 4.78 is 26.1. The third-order valence-electron chi connectivity index (χ3n) is 2.74. The SMILES string of the molecule is CNS(=O)(=O)c1ccccc1NCc1ccnc(C)n1. The number of benzene rings is 1. The number of sulfonamides is 1. The van der Waals surface area contributed by atoms with Crippen molar-refractivity contribution in [3.63, 3.8) is 0 Å².